The molecule has 0 amide bonds. The summed E-state index contributed by atoms with van der Waals surface area (Å²) in [5.74, 6) is 0.556. The van der Waals surface area contributed by atoms with E-state index >= 15 is 0 Å². The fourth-order valence-corrected chi connectivity index (χ4v) is 2.18. The first kappa shape index (κ1) is 12.0. The Bertz CT molecular complexity index is 327. The first-order valence-electron chi connectivity index (χ1n) is 5.61. The molecule has 0 saturated carbocycles. The number of hydrogen-bond donors (Lipinski definition) is 0. The maximum Gasteiger partial charge on any atom is 0.106 e. The third kappa shape index (κ3) is 3.85. The Morgan fingerprint density at radius 1 is 1.50 bits per heavy atom. The molecule has 0 aliphatic carbocycles. The van der Waals surface area contributed by atoms with E-state index in [2.05, 4.69) is 20.9 Å². The van der Waals surface area contributed by atoms with Crippen LogP contribution in [-0.2, 0) is 16.1 Å². The fourth-order valence-electron chi connectivity index (χ4n) is 1.80. The number of nitrogens with zero attached hydrogens (tertiary/aromatic N) is 1. The molecule has 1 unspecified atom stereocenters. The summed E-state index contributed by atoms with van der Waals surface area (Å²) in [6.45, 7) is 3.10. The molecule has 0 N–H and O–H groups in total. The van der Waals surface area contributed by atoms with E-state index in [4.69, 9.17) is 9.47 Å². The van der Waals surface area contributed by atoms with E-state index in [1.54, 1.807) is 0 Å². The lowest BCUT2D eigenvalue weighted by molar-refractivity contribution is 0.000400. The highest BCUT2D eigenvalue weighted by Crippen LogP contribution is 2.14. The minimum absolute atomic E-state index is 0.556. The lowest BCUT2D eigenvalue weighted by Gasteiger charge is -2.21. The molecule has 0 bridgehead atoms. The molecule has 1 atom stereocenters. The van der Waals surface area contributed by atoms with Gasteiger partial charge in [-0.1, -0.05) is 6.07 Å². The molecule has 0 aromatic carbocycles. The van der Waals surface area contributed by atoms with Gasteiger partial charge in [0.15, 0.2) is 0 Å². The Kier molecular flexibility index (Phi) is 4.75. The van der Waals surface area contributed by atoms with Crippen LogP contribution in [-0.4, -0.2) is 24.8 Å². The highest BCUT2D eigenvalue weighted by Gasteiger charge is 2.13. The van der Waals surface area contributed by atoms with Crippen molar-refractivity contribution in [2.24, 2.45) is 5.92 Å². The maximum absolute atomic E-state index is 5.65. The monoisotopic (exact) mass is 285 g/mol. The smallest absolute Gasteiger partial charge is 0.106 e. The molecule has 0 radical (unpaired) electrons. The molecule has 2 rings (SSSR count). The molecule has 88 valence electrons. The number of aromatic nitrogens is 1. The van der Waals surface area contributed by atoms with Crippen LogP contribution in [0.1, 0.15) is 18.5 Å². The molecule has 2 heterocycles. The molecule has 1 aromatic rings. The van der Waals surface area contributed by atoms with Gasteiger partial charge in [0.05, 0.1) is 25.5 Å². The van der Waals surface area contributed by atoms with Crippen molar-refractivity contribution in [2.75, 3.05) is 19.8 Å². The predicted molar refractivity (Wildman–Crippen MR) is 65.1 cm³/mol. The quantitative estimate of drug-likeness (QED) is 0.798. The summed E-state index contributed by atoms with van der Waals surface area (Å²) in [6.07, 6.45) is 2.37. The zero-order valence-electron chi connectivity index (χ0n) is 9.19. The van der Waals surface area contributed by atoms with Gasteiger partial charge >= 0.3 is 0 Å². The van der Waals surface area contributed by atoms with Crippen LogP contribution in [0.3, 0.4) is 0 Å². The summed E-state index contributed by atoms with van der Waals surface area (Å²) >= 11 is 3.34. The standard InChI is InChI=1S/C12H16BrNO2/c13-12-5-1-4-11(14-12)9-16-8-10-3-2-6-15-7-10/h1,4-5,10H,2-3,6-9H2. The highest BCUT2D eigenvalue weighted by molar-refractivity contribution is 9.10. The molecule has 1 aromatic heterocycles. The van der Waals surface area contributed by atoms with Crippen LogP contribution in [0, 0.1) is 5.92 Å². The Labute approximate surface area is 104 Å². The van der Waals surface area contributed by atoms with E-state index < -0.39 is 0 Å². The second kappa shape index (κ2) is 6.33. The molecular formula is C12H16BrNO2. The Balaban J connectivity index is 1.71. The second-order valence-corrected chi connectivity index (χ2v) is 4.86. The Morgan fingerprint density at radius 2 is 2.44 bits per heavy atom. The van der Waals surface area contributed by atoms with Crippen molar-refractivity contribution in [1.29, 1.82) is 0 Å². The lowest BCUT2D eigenvalue weighted by atomic mass is 10.0. The molecule has 4 heteroatoms. The van der Waals surface area contributed by atoms with Crippen molar-refractivity contribution >= 4 is 15.9 Å². The normalized spacial score (nSPS) is 20.9. The lowest BCUT2D eigenvalue weighted by Crippen LogP contribution is -2.21. The summed E-state index contributed by atoms with van der Waals surface area (Å²) in [4.78, 5) is 4.32. The average Bonchev–Trinajstić information content (AvgIpc) is 2.30. The number of rotatable bonds is 4. The molecule has 3 nitrogen and oxygen atoms in total. The van der Waals surface area contributed by atoms with Crippen LogP contribution in [0.2, 0.25) is 0 Å². The van der Waals surface area contributed by atoms with E-state index in [9.17, 15) is 0 Å². The van der Waals surface area contributed by atoms with E-state index in [-0.39, 0.29) is 0 Å². The zero-order chi connectivity index (χ0) is 11.2. The van der Waals surface area contributed by atoms with Gasteiger partial charge in [-0.3, -0.25) is 0 Å². The molecule has 1 aliphatic rings. The minimum Gasteiger partial charge on any atom is -0.381 e. The van der Waals surface area contributed by atoms with Crippen molar-refractivity contribution in [3.05, 3.63) is 28.5 Å². The Morgan fingerprint density at radius 3 is 3.19 bits per heavy atom. The second-order valence-electron chi connectivity index (χ2n) is 4.05. The number of pyridine rings is 1. The van der Waals surface area contributed by atoms with Gasteiger partial charge in [-0.2, -0.15) is 0 Å². The predicted octanol–water partition coefficient (Wildman–Crippen LogP) is 2.79. The summed E-state index contributed by atoms with van der Waals surface area (Å²) in [7, 11) is 0. The van der Waals surface area contributed by atoms with Crippen molar-refractivity contribution in [3.8, 4) is 0 Å². The highest BCUT2D eigenvalue weighted by atomic mass is 79.9. The average molecular weight is 286 g/mol. The maximum atomic E-state index is 5.65. The third-order valence-corrected chi connectivity index (χ3v) is 3.07. The molecule has 0 spiro atoms. The summed E-state index contributed by atoms with van der Waals surface area (Å²) in [5.41, 5.74) is 0.964. The van der Waals surface area contributed by atoms with E-state index in [1.165, 1.54) is 6.42 Å². The van der Waals surface area contributed by atoms with Crippen molar-refractivity contribution < 1.29 is 9.47 Å². The summed E-state index contributed by atoms with van der Waals surface area (Å²) < 4.78 is 11.9. The molecule has 1 fully saturated rings. The summed E-state index contributed by atoms with van der Waals surface area (Å²) in [6, 6.07) is 5.86. The molecular weight excluding hydrogens is 270 g/mol. The SMILES string of the molecule is Brc1cccc(COCC2CCCOC2)n1. The van der Waals surface area contributed by atoms with Gasteiger partial charge in [-0.25, -0.2) is 4.98 Å². The fraction of sp³-hybridized carbons (Fsp3) is 0.583. The van der Waals surface area contributed by atoms with Gasteiger partial charge in [0, 0.05) is 12.5 Å². The van der Waals surface area contributed by atoms with Crippen molar-refractivity contribution in [2.45, 2.75) is 19.4 Å². The van der Waals surface area contributed by atoms with E-state index in [0.29, 0.717) is 12.5 Å². The largest absolute Gasteiger partial charge is 0.381 e. The summed E-state index contributed by atoms with van der Waals surface area (Å²) in [5, 5.41) is 0. The topological polar surface area (TPSA) is 31.4 Å². The van der Waals surface area contributed by atoms with Crippen molar-refractivity contribution in [1.82, 2.24) is 4.98 Å². The number of hydrogen-bond acceptors (Lipinski definition) is 3. The van der Waals surface area contributed by atoms with Gasteiger partial charge < -0.3 is 9.47 Å². The minimum atomic E-state index is 0.556. The first-order valence-corrected chi connectivity index (χ1v) is 6.41. The van der Waals surface area contributed by atoms with Crippen LogP contribution in [0.5, 0.6) is 0 Å². The van der Waals surface area contributed by atoms with Crippen LogP contribution in [0.25, 0.3) is 0 Å². The number of ether oxygens (including phenoxy) is 2. The van der Waals surface area contributed by atoms with Crippen LogP contribution in [0.4, 0.5) is 0 Å². The van der Waals surface area contributed by atoms with Gasteiger partial charge in [0.2, 0.25) is 0 Å². The van der Waals surface area contributed by atoms with Crippen molar-refractivity contribution in [3.63, 3.8) is 0 Å². The molecule has 1 aliphatic heterocycles. The number of halogens is 1. The van der Waals surface area contributed by atoms with E-state index in [1.807, 2.05) is 18.2 Å². The van der Waals surface area contributed by atoms with Crippen LogP contribution in [0.15, 0.2) is 22.8 Å². The van der Waals surface area contributed by atoms with Gasteiger partial charge in [0.1, 0.15) is 4.60 Å². The third-order valence-electron chi connectivity index (χ3n) is 2.63. The Hall–Kier alpha value is -0.450. The molecule has 1 saturated heterocycles. The van der Waals surface area contributed by atoms with Gasteiger partial charge in [0.25, 0.3) is 0 Å². The van der Waals surface area contributed by atoms with Crippen LogP contribution < -0.4 is 0 Å². The zero-order valence-corrected chi connectivity index (χ0v) is 10.8. The van der Waals surface area contributed by atoms with Gasteiger partial charge in [-0.05, 0) is 40.9 Å². The van der Waals surface area contributed by atoms with E-state index in [0.717, 1.165) is 36.5 Å². The van der Waals surface area contributed by atoms with Crippen LogP contribution >= 0.6 is 15.9 Å². The first-order chi connectivity index (χ1) is 7.84. The molecule has 16 heavy (non-hydrogen) atoms. The van der Waals surface area contributed by atoms with Gasteiger partial charge in [-0.15, -0.1) is 0 Å².